The zero-order chi connectivity index (χ0) is 15.5. The van der Waals surface area contributed by atoms with Gasteiger partial charge < -0.3 is 9.87 Å². The summed E-state index contributed by atoms with van der Waals surface area (Å²) in [5.74, 6) is -0.707. The van der Waals surface area contributed by atoms with Crippen LogP contribution in [0, 0.1) is 5.82 Å². The van der Waals surface area contributed by atoms with E-state index in [1.807, 2.05) is 20.8 Å². The first-order valence-electron chi connectivity index (χ1n) is 6.35. The summed E-state index contributed by atoms with van der Waals surface area (Å²) in [5.41, 5.74) is 1.02. The summed E-state index contributed by atoms with van der Waals surface area (Å²) >= 11 is -1.25. The molecular weight excluding hydrogens is 279 g/mol. The highest BCUT2D eigenvalue weighted by molar-refractivity contribution is 7.90. The van der Waals surface area contributed by atoms with Crippen LogP contribution in [0.4, 0.5) is 10.1 Å². The van der Waals surface area contributed by atoms with Crippen molar-refractivity contribution >= 4 is 23.0 Å². The second-order valence-electron chi connectivity index (χ2n) is 5.68. The third-order valence-electron chi connectivity index (χ3n) is 2.58. The Morgan fingerprint density at radius 3 is 2.45 bits per heavy atom. The van der Waals surface area contributed by atoms with Gasteiger partial charge in [-0.3, -0.25) is 4.79 Å². The molecule has 0 aromatic heterocycles. The van der Waals surface area contributed by atoms with E-state index in [0.29, 0.717) is 11.3 Å². The minimum atomic E-state index is -1.25. The normalized spacial score (nSPS) is 14.8. The van der Waals surface area contributed by atoms with E-state index in [1.165, 1.54) is 19.1 Å². The smallest absolute Gasteiger partial charge is 0.221 e. The molecule has 0 bridgehead atoms. The summed E-state index contributed by atoms with van der Waals surface area (Å²) in [7, 11) is 0. The number of carbonyl (C=O) groups is 1. The van der Waals surface area contributed by atoms with E-state index in [0.717, 1.165) is 0 Å². The predicted octanol–water partition coefficient (Wildman–Crippen LogP) is 2.90. The van der Waals surface area contributed by atoms with Crippen LogP contribution in [0.2, 0.25) is 0 Å². The molecule has 0 saturated carbocycles. The molecule has 0 heterocycles. The molecule has 1 rings (SSSR count). The van der Waals surface area contributed by atoms with Crippen LogP contribution in [0.25, 0.3) is 0 Å². The number of benzene rings is 1. The molecule has 0 aliphatic carbocycles. The molecule has 0 aliphatic heterocycles. The number of carbonyl (C=O) groups excluding carboxylic acids is 1. The van der Waals surface area contributed by atoms with Crippen molar-refractivity contribution < 1.29 is 13.7 Å². The molecule has 6 heteroatoms. The number of hydrogen-bond acceptors (Lipinski definition) is 3. The van der Waals surface area contributed by atoms with E-state index >= 15 is 0 Å². The first-order chi connectivity index (χ1) is 9.09. The first-order valence-corrected chi connectivity index (χ1v) is 7.50. The standard InChI is InChI=1S/C14H21FN2O2S/c1-9(17-20(19)14(3,4)5)11-6-12(15)8-13(7-11)16-10(2)18/h6-9,17H,1-5H3,(H,16,18). The van der Waals surface area contributed by atoms with E-state index in [4.69, 9.17) is 0 Å². The van der Waals surface area contributed by atoms with Crippen molar-refractivity contribution in [3.05, 3.63) is 29.6 Å². The van der Waals surface area contributed by atoms with Gasteiger partial charge in [0.25, 0.3) is 0 Å². The van der Waals surface area contributed by atoms with Crippen LogP contribution in [0.1, 0.15) is 46.2 Å². The molecule has 1 aromatic carbocycles. The highest BCUT2D eigenvalue weighted by Crippen LogP contribution is 2.23. The fourth-order valence-electron chi connectivity index (χ4n) is 1.54. The minimum absolute atomic E-state index is 0.263. The minimum Gasteiger partial charge on any atom is -0.598 e. The van der Waals surface area contributed by atoms with Gasteiger partial charge in [-0.15, -0.1) is 4.72 Å². The van der Waals surface area contributed by atoms with Crippen molar-refractivity contribution in [2.45, 2.75) is 45.4 Å². The molecule has 2 N–H and O–H groups in total. The van der Waals surface area contributed by atoms with Crippen LogP contribution < -0.4 is 10.0 Å². The molecule has 2 atom stereocenters. The van der Waals surface area contributed by atoms with Crippen LogP contribution in [0.15, 0.2) is 18.2 Å². The molecule has 20 heavy (non-hydrogen) atoms. The lowest BCUT2D eigenvalue weighted by Gasteiger charge is -2.26. The van der Waals surface area contributed by atoms with E-state index in [2.05, 4.69) is 10.0 Å². The molecule has 1 aromatic rings. The second-order valence-corrected chi connectivity index (χ2v) is 7.67. The van der Waals surface area contributed by atoms with Crippen molar-refractivity contribution in [2.75, 3.05) is 5.32 Å². The highest BCUT2D eigenvalue weighted by Gasteiger charge is 2.28. The van der Waals surface area contributed by atoms with Gasteiger partial charge in [0.1, 0.15) is 10.6 Å². The van der Waals surface area contributed by atoms with Crippen molar-refractivity contribution in [2.24, 2.45) is 0 Å². The average molecular weight is 300 g/mol. The maximum Gasteiger partial charge on any atom is 0.221 e. The van der Waals surface area contributed by atoms with E-state index in [1.54, 1.807) is 13.0 Å². The van der Waals surface area contributed by atoms with Gasteiger partial charge in [0.2, 0.25) is 5.91 Å². The lowest BCUT2D eigenvalue weighted by atomic mass is 10.1. The fraction of sp³-hybridized carbons (Fsp3) is 0.500. The highest BCUT2D eigenvalue weighted by atomic mass is 32.2. The Morgan fingerprint density at radius 2 is 1.95 bits per heavy atom. The van der Waals surface area contributed by atoms with Gasteiger partial charge in [0.15, 0.2) is 0 Å². The SMILES string of the molecule is CC(=O)Nc1cc(F)cc(C(C)N[S+]([O-])C(C)(C)C)c1. The number of hydrogen-bond donors (Lipinski definition) is 2. The number of halogens is 1. The van der Waals surface area contributed by atoms with Crippen LogP contribution >= 0.6 is 0 Å². The molecule has 2 unspecified atom stereocenters. The number of rotatable bonds is 4. The van der Waals surface area contributed by atoms with Gasteiger partial charge in [-0.05, 0) is 51.5 Å². The van der Waals surface area contributed by atoms with Crippen molar-refractivity contribution in [1.29, 1.82) is 0 Å². The number of amides is 1. The summed E-state index contributed by atoms with van der Waals surface area (Å²) in [6.07, 6.45) is 0. The number of anilines is 1. The van der Waals surface area contributed by atoms with Gasteiger partial charge in [-0.2, -0.15) is 0 Å². The molecular formula is C14H21FN2O2S. The summed E-state index contributed by atoms with van der Waals surface area (Å²) < 4.78 is 28.1. The quantitative estimate of drug-likeness (QED) is 0.840. The topological polar surface area (TPSA) is 64.2 Å². The molecule has 0 aliphatic rings. The molecule has 0 saturated heterocycles. The Balaban J connectivity index is 2.90. The lowest BCUT2D eigenvalue weighted by molar-refractivity contribution is -0.114. The Hall–Kier alpha value is -1.11. The van der Waals surface area contributed by atoms with Gasteiger partial charge in [0.05, 0.1) is 6.04 Å². The Labute approximate surface area is 122 Å². The maximum atomic E-state index is 13.6. The monoisotopic (exact) mass is 300 g/mol. The molecule has 112 valence electrons. The first kappa shape index (κ1) is 16.9. The lowest BCUT2D eigenvalue weighted by Crippen LogP contribution is -2.40. The van der Waals surface area contributed by atoms with Crippen LogP contribution in [-0.4, -0.2) is 15.2 Å². The molecule has 1 amide bonds. The number of nitrogens with one attached hydrogen (secondary N) is 2. The Kier molecular flexibility index (Phi) is 5.56. The summed E-state index contributed by atoms with van der Waals surface area (Å²) in [6, 6.07) is 3.99. The van der Waals surface area contributed by atoms with Crippen LogP contribution in [0.3, 0.4) is 0 Å². The van der Waals surface area contributed by atoms with Crippen molar-refractivity contribution in [3.63, 3.8) is 0 Å². The molecule has 0 radical (unpaired) electrons. The summed E-state index contributed by atoms with van der Waals surface area (Å²) in [5, 5.41) is 2.54. The van der Waals surface area contributed by atoms with Gasteiger partial charge in [0, 0.05) is 24.0 Å². The third kappa shape index (κ3) is 5.11. The van der Waals surface area contributed by atoms with Crippen LogP contribution in [-0.2, 0) is 16.2 Å². The largest absolute Gasteiger partial charge is 0.598 e. The maximum absolute atomic E-state index is 13.6. The van der Waals surface area contributed by atoms with Crippen molar-refractivity contribution in [1.82, 2.24) is 4.72 Å². The zero-order valence-corrected chi connectivity index (χ0v) is 13.2. The average Bonchev–Trinajstić information content (AvgIpc) is 2.25. The van der Waals surface area contributed by atoms with Crippen LogP contribution in [0.5, 0.6) is 0 Å². The van der Waals surface area contributed by atoms with E-state index in [-0.39, 0.29) is 11.9 Å². The predicted molar refractivity (Wildman–Crippen MR) is 80.1 cm³/mol. The Bertz CT molecular complexity index is 489. The van der Waals surface area contributed by atoms with E-state index < -0.39 is 21.9 Å². The summed E-state index contributed by atoms with van der Waals surface area (Å²) in [6.45, 7) is 8.74. The molecule has 4 nitrogen and oxygen atoms in total. The van der Waals surface area contributed by atoms with Gasteiger partial charge in [-0.1, -0.05) is 0 Å². The second kappa shape index (κ2) is 6.56. The third-order valence-corrected chi connectivity index (χ3v) is 4.26. The fourth-order valence-corrected chi connectivity index (χ4v) is 2.35. The summed E-state index contributed by atoms with van der Waals surface area (Å²) in [4.78, 5) is 11.0. The van der Waals surface area contributed by atoms with Gasteiger partial charge >= 0.3 is 0 Å². The van der Waals surface area contributed by atoms with E-state index in [9.17, 15) is 13.7 Å². The van der Waals surface area contributed by atoms with Crippen molar-refractivity contribution in [3.8, 4) is 0 Å². The van der Waals surface area contributed by atoms with Gasteiger partial charge in [-0.25, -0.2) is 4.39 Å². The Morgan fingerprint density at radius 1 is 1.35 bits per heavy atom. The zero-order valence-electron chi connectivity index (χ0n) is 12.4. The molecule has 0 spiro atoms. The molecule has 0 fully saturated rings.